The highest BCUT2D eigenvalue weighted by Gasteiger charge is 2.28. The number of aromatic amines is 1. The van der Waals surface area contributed by atoms with Crippen LogP contribution in [0.15, 0.2) is 58.2 Å². The minimum absolute atomic E-state index is 0.0109. The number of ether oxygens (including phenoxy) is 1. The van der Waals surface area contributed by atoms with Crippen molar-refractivity contribution < 1.29 is 9.53 Å². The monoisotopic (exact) mass is 431 g/mol. The van der Waals surface area contributed by atoms with E-state index in [1.807, 2.05) is 41.4 Å². The van der Waals surface area contributed by atoms with Crippen molar-refractivity contribution in [1.29, 1.82) is 0 Å². The molecule has 1 atom stereocenters. The summed E-state index contributed by atoms with van der Waals surface area (Å²) in [6.07, 6.45) is 4.49. The van der Waals surface area contributed by atoms with Crippen LogP contribution >= 0.6 is 27.7 Å². The lowest BCUT2D eigenvalue weighted by atomic mass is 10.2. The Morgan fingerprint density at radius 1 is 1.35 bits per heavy atom. The predicted molar refractivity (Wildman–Crippen MR) is 107 cm³/mol. The normalized spacial score (nSPS) is 17.0. The Hall–Kier alpha value is -1.99. The van der Waals surface area contributed by atoms with Gasteiger partial charge < -0.3 is 14.6 Å². The Kier molecular flexibility index (Phi) is 5.17. The SMILES string of the molecule is O=C(CSc1c[nH]c2ccccc12)N1CCC(Oc2ncccc2Br)C1. The highest BCUT2D eigenvalue weighted by Crippen LogP contribution is 2.29. The highest BCUT2D eigenvalue weighted by atomic mass is 79.9. The summed E-state index contributed by atoms with van der Waals surface area (Å²) in [5.74, 6) is 1.16. The van der Waals surface area contributed by atoms with Gasteiger partial charge in [0.15, 0.2) is 0 Å². The Labute approximate surface area is 164 Å². The molecule has 0 spiro atoms. The molecule has 7 heteroatoms. The Morgan fingerprint density at radius 3 is 3.12 bits per heavy atom. The molecule has 1 aliphatic heterocycles. The first-order chi connectivity index (χ1) is 12.7. The van der Waals surface area contributed by atoms with E-state index in [-0.39, 0.29) is 12.0 Å². The molecule has 26 heavy (non-hydrogen) atoms. The zero-order valence-electron chi connectivity index (χ0n) is 14.0. The molecule has 1 aliphatic rings. The predicted octanol–water partition coefficient (Wildman–Crippen LogP) is 4.10. The van der Waals surface area contributed by atoms with E-state index in [9.17, 15) is 4.79 Å². The zero-order chi connectivity index (χ0) is 17.9. The molecule has 0 bridgehead atoms. The average Bonchev–Trinajstić information content (AvgIpc) is 3.29. The van der Waals surface area contributed by atoms with E-state index in [4.69, 9.17) is 4.74 Å². The van der Waals surface area contributed by atoms with Gasteiger partial charge >= 0.3 is 0 Å². The lowest BCUT2D eigenvalue weighted by Gasteiger charge is -2.17. The van der Waals surface area contributed by atoms with Crippen molar-refractivity contribution in [1.82, 2.24) is 14.9 Å². The number of nitrogens with one attached hydrogen (secondary N) is 1. The van der Waals surface area contributed by atoms with E-state index >= 15 is 0 Å². The third-order valence-corrected chi connectivity index (χ3v) is 6.05. The fourth-order valence-corrected chi connectivity index (χ4v) is 4.35. The molecule has 2 aromatic heterocycles. The zero-order valence-corrected chi connectivity index (χ0v) is 16.4. The Bertz CT molecular complexity index is 930. The molecule has 4 rings (SSSR count). The van der Waals surface area contributed by atoms with Crippen LogP contribution in [0.1, 0.15) is 6.42 Å². The third kappa shape index (κ3) is 3.73. The summed E-state index contributed by atoms with van der Waals surface area (Å²) in [7, 11) is 0. The summed E-state index contributed by atoms with van der Waals surface area (Å²) in [6, 6.07) is 11.9. The molecule has 3 heterocycles. The van der Waals surface area contributed by atoms with Gasteiger partial charge in [-0.2, -0.15) is 0 Å². The van der Waals surface area contributed by atoms with Gasteiger partial charge in [-0.1, -0.05) is 18.2 Å². The molecule has 1 aromatic carbocycles. The van der Waals surface area contributed by atoms with Crippen LogP contribution in [0.5, 0.6) is 5.88 Å². The van der Waals surface area contributed by atoms with Crippen LogP contribution in [-0.4, -0.2) is 45.7 Å². The van der Waals surface area contributed by atoms with Crippen molar-refractivity contribution in [2.75, 3.05) is 18.8 Å². The van der Waals surface area contributed by atoms with Gasteiger partial charge in [0.25, 0.3) is 0 Å². The minimum atomic E-state index is -0.0109. The quantitative estimate of drug-likeness (QED) is 0.617. The summed E-state index contributed by atoms with van der Waals surface area (Å²) in [4.78, 5) is 23.0. The van der Waals surface area contributed by atoms with Crippen LogP contribution in [0.25, 0.3) is 10.9 Å². The second kappa shape index (κ2) is 7.72. The second-order valence-electron chi connectivity index (χ2n) is 6.15. The summed E-state index contributed by atoms with van der Waals surface area (Å²) in [5, 5.41) is 1.16. The van der Waals surface area contributed by atoms with E-state index in [1.165, 1.54) is 0 Å². The molecule has 0 radical (unpaired) electrons. The van der Waals surface area contributed by atoms with Gasteiger partial charge in [0.1, 0.15) is 6.10 Å². The number of pyridine rings is 1. The Balaban J connectivity index is 1.32. The largest absolute Gasteiger partial charge is 0.472 e. The maximum atomic E-state index is 12.6. The van der Waals surface area contributed by atoms with Crippen LogP contribution in [0, 0.1) is 0 Å². The number of thioether (sulfide) groups is 1. The number of nitrogens with zero attached hydrogens (tertiary/aromatic N) is 2. The number of carbonyl (C=O) groups excluding carboxylic acids is 1. The third-order valence-electron chi connectivity index (χ3n) is 4.40. The van der Waals surface area contributed by atoms with E-state index in [0.29, 0.717) is 18.2 Å². The number of amides is 1. The lowest BCUT2D eigenvalue weighted by molar-refractivity contribution is -0.127. The number of carbonyl (C=O) groups is 1. The molecule has 1 fully saturated rings. The molecule has 5 nitrogen and oxygen atoms in total. The van der Waals surface area contributed by atoms with Crippen molar-refractivity contribution >= 4 is 44.5 Å². The van der Waals surface area contributed by atoms with Gasteiger partial charge in [-0.25, -0.2) is 4.98 Å². The number of hydrogen-bond acceptors (Lipinski definition) is 4. The lowest BCUT2D eigenvalue weighted by Crippen LogP contribution is -2.32. The fraction of sp³-hybridized carbons (Fsp3) is 0.263. The molecule has 134 valence electrons. The van der Waals surface area contributed by atoms with E-state index < -0.39 is 0 Å². The standard InChI is InChI=1S/C19H18BrN3O2S/c20-15-5-3-8-21-19(15)25-13-7-9-23(11-13)18(24)12-26-17-10-22-16-6-2-1-4-14(16)17/h1-6,8,10,13,22H,7,9,11-12H2. The molecule has 1 amide bonds. The van der Waals surface area contributed by atoms with Crippen LogP contribution in [0.3, 0.4) is 0 Å². The molecule has 0 saturated carbocycles. The number of halogens is 1. The van der Waals surface area contributed by atoms with Crippen molar-refractivity contribution in [3.8, 4) is 5.88 Å². The van der Waals surface area contributed by atoms with Crippen molar-refractivity contribution in [2.45, 2.75) is 17.4 Å². The first-order valence-electron chi connectivity index (χ1n) is 8.44. The van der Waals surface area contributed by atoms with Crippen LogP contribution < -0.4 is 4.74 Å². The Morgan fingerprint density at radius 2 is 2.23 bits per heavy atom. The van der Waals surface area contributed by atoms with Gasteiger partial charge in [0, 0.05) is 41.2 Å². The van der Waals surface area contributed by atoms with E-state index in [2.05, 4.69) is 32.0 Å². The van der Waals surface area contributed by atoms with Crippen LogP contribution in [0.4, 0.5) is 0 Å². The summed E-state index contributed by atoms with van der Waals surface area (Å²) >= 11 is 5.02. The molecule has 0 aliphatic carbocycles. The number of para-hydroxylation sites is 1. The number of benzene rings is 1. The van der Waals surface area contributed by atoms with Crippen LogP contribution in [0.2, 0.25) is 0 Å². The molecule has 1 saturated heterocycles. The molecule has 1 N–H and O–H groups in total. The van der Waals surface area contributed by atoms with Gasteiger partial charge in [0.05, 0.1) is 16.8 Å². The van der Waals surface area contributed by atoms with Crippen molar-refractivity contribution in [3.05, 3.63) is 53.3 Å². The van der Waals surface area contributed by atoms with Crippen molar-refractivity contribution in [2.24, 2.45) is 0 Å². The van der Waals surface area contributed by atoms with Crippen LogP contribution in [-0.2, 0) is 4.79 Å². The van der Waals surface area contributed by atoms with Crippen molar-refractivity contribution in [3.63, 3.8) is 0 Å². The molecule has 3 aromatic rings. The molecular formula is C19H18BrN3O2S. The number of aromatic nitrogens is 2. The van der Waals surface area contributed by atoms with Gasteiger partial charge in [-0.05, 0) is 34.1 Å². The molecular weight excluding hydrogens is 414 g/mol. The van der Waals surface area contributed by atoms with Gasteiger partial charge in [0.2, 0.25) is 11.8 Å². The average molecular weight is 432 g/mol. The van der Waals surface area contributed by atoms with E-state index in [1.54, 1.807) is 18.0 Å². The maximum Gasteiger partial charge on any atom is 0.233 e. The molecule has 1 unspecified atom stereocenters. The first-order valence-corrected chi connectivity index (χ1v) is 10.2. The number of rotatable bonds is 5. The summed E-state index contributed by atoms with van der Waals surface area (Å²) in [6.45, 7) is 1.33. The second-order valence-corrected chi connectivity index (χ2v) is 8.02. The minimum Gasteiger partial charge on any atom is -0.472 e. The number of likely N-dealkylation sites (tertiary alicyclic amines) is 1. The van der Waals surface area contributed by atoms with E-state index in [0.717, 1.165) is 33.2 Å². The fourth-order valence-electron chi connectivity index (χ4n) is 3.06. The number of fused-ring (bicyclic) bond motifs is 1. The maximum absolute atomic E-state index is 12.6. The summed E-state index contributed by atoms with van der Waals surface area (Å²) in [5.41, 5.74) is 1.10. The highest BCUT2D eigenvalue weighted by molar-refractivity contribution is 9.10. The number of hydrogen-bond donors (Lipinski definition) is 1. The van der Waals surface area contributed by atoms with Gasteiger partial charge in [-0.15, -0.1) is 11.8 Å². The smallest absolute Gasteiger partial charge is 0.233 e. The number of H-pyrrole nitrogens is 1. The first kappa shape index (κ1) is 17.4. The topological polar surface area (TPSA) is 58.2 Å². The van der Waals surface area contributed by atoms with Gasteiger partial charge in [-0.3, -0.25) is 4.79 Å². The summed E-state index contributed by atoms with van der Waals surface area (Å²) < 4.78 is 6.76.